The lowest BCUT2D eigenvalue weighted by atomic mass is 9.93. The SMILES string of the molecule is CCC(C(=O)N1CCC(NCc2cccc([N+](=O)[O-])c2)CC1)c1ccccc1. The smallest absolute Gasteiger partial charge is 0.269 e. The summed E-state index contributed by atoms with van der Waals surface area (Å²) in [5.41, 5.74) is 2.11. The Bertz CT molecular complexity index is 802. The van der Waals surface area contributed by atoms with Gasteiger partial charge >= 0.3 is 0 Å². The van der Waals surface area contributed by atoms with E-state index in [2.05, 4.69) is 12.2 Å². The number of carbonyl (C=O) groups excluding carboxylic acids is 1. The zero-order valence-electron chi connectivity index (χ0n) is 16.2. The van der Waals surface area contributed by atoms with Crippen LogP contribution in [0.3, 0.4) is 0 Å². The van der Waals surface area contributed by atoms with Gasteiger partial charge in [0.25, 0.3) is 5.69 Å². The molecule has 28 heavy (non-hydrogen) atoms. The van der Waals surface area contributed by atoms with Crippen LogP contribution in [0.1, 0.15) is 43.2 Å². The fourth-order valence-electron chi connectivity index (χ4n) is 3.80. The van der Waals surface area contributed by atoms with E-state index in [1.165, 1.54) is 6.07 Å². The molecule has 1 aliphatic heterocycles. The van der Waals surface area contributed by atoms with Crippen molar-refractivity contribution in [2.24, 2.45) is 0 Å². The normalized spacial score (nSPS) is 16.0. The van der Waals surface area contributed by atoms with Crippen LogP contribution in [0.15, 0.2) is 54.6 Å². The topological polar surface area (TPSA) is 75.5 Å². The van der Waals surface area contributed by atoms with Crippen LogP contribution in [-0.4, -0.2) is 34.9 Å². The van der Waals surface area contributed by atoms with Crippen molar-refractivity contribution < 1.29 is 9.72 Å². The second-order valence-corrected chi connectivity index (χ2v) is 7.28. The number of rotatable bonds is 7. The second kappa shape index (κ2) is 9.46. The van der Waals surface area contributed by atoms with Crippen molar-refractivity contribution in [1.29, 1.82) is 0 Å². The van der Waals surface area contributed by atoms with Crippen molar-refractivity contribution in [3.63, 3.8) is 0 Å². The molecule has 1 unspecified atom stereocenters. The number of amides is 1. The summed E-state index contributed by atoms with van der Waals surface area (Å²) >= 11 is 0. The van der Waals surface area contributed by atoms with Crippen LogP contribution in [0.2, 0.25) is 0 Å². The fourth-order valence-corrected chi connectivity index (χ4v) is 3.80. The maximum atomic E-state index is 13.0. The third-order valence-corrected chi connectivity index (χ3v) is 5.43. The van der Waals surface area contributed by atoms with Crippen LogP contribution < -0.4 is 5.32 Å². The molecular formula is C22H27N3O3. The van der Waals surface area contributed by atoms with Gasteiger partial charge in [0.2, 0.25) is 5.91 Å². The average Bonchev–Trinajstić information content (AvgIpc) is 2.74. The number of hydrogen-bond donors (Lipinski definition) is 1. The van der Waals surface area contributed by atoms with Gasteiger partial charge < -0.3 is 10.2 Å². The minimum atomic E-state index is -0.371. The number of nitro benzene ring substituents is 1. The standard InChI is InChI=1S/C22H27N3O3/c1-2-21(18-8-4-3-5-9-18)22(26)24-13-11-19(12-14-24)23-16-17-7-6-10-20(15-17)25(27)28/h3-10,15,19,21,23H,2,11-14,16H2,1H3. The van der Waals surface area contributed by atoms with Gasteiger partial charge in [-0.1, -0.05) is 49.4 Å². The summed E-state index contributed by atoms with van der Waals surface area (Å²) in [7, 11) is 0. The van der Waals surface area contributed by atoms with Gasteiger partial charge in [0, 0.05) is 37.8 Å². The third-order valence-electron chi connectivity index (χ3n) is 5.43. The first-order valence-corrected chi connectivity index (χ1v) is 9.89. The predicted molar refractivity (Wildman–Crippen MR) is 109 cm³/mol. The first kappa shape index (κ1) is 20.0. The van der Waals surface area contributed by atoms with Crippen molar-refractivity contribution in [3.05, 3.63) is 75.8 Å². The number of carbonyl (C=O) groups is 1. The molecule has 1 atom stereocenters. The predicted octanol–water partition coefficient (Wildman–Crippen LogP) is 3.87. The van der Waals surface area contributed by atoms with Crippen molar-refractivity contribution in [1.82, 2.24) is 10.2 Å². The molecule has 0 bridgehead atoms. The monoisotopic (exact) mass is 381 g/mol. The number of hydrogen-bond acceptors (Lipinski definition) is 4. The molecule has 6 heteroatoms. The maximum Gasteiger partial charge on any atom is 0.269 e. The van der Waals surface area contributed by atoms with E-state index in [9.17, 15) is 14.9 Å². The summed E-state index contributed by atoms with van der Waals surface area (Å²) in [6, 6.07) is 17.0. The van der Waals surface area contributed by atoms with Crippen molar-refractivity contribution in [2.75, 3.05) is 13.1 Å². The summed E-state index contributed by atoms with van der Waals surface area (Å²) in [4.78, 5) is 25.5. The highest BCUT2D eigenvalue weighted by Gasteiger charge is 2.28. The van der Waals surface area contributed by atoms with Crippen LogP contribution in [0.4, 0.5) is 5.69 Å². The van der Waals surface area contributed by atoms with E-state index in [4.69, 9.17) is 0 Å². The Morgan fingerprint density at radius 3 is 2.54 bits per heavy atom. The van der Waals surface area contributed by atoms with Crippen LogP contribution >= 0.6 is 0 Å². The number of nitro groups is 1. The molecule has 0 saturated carbocycles. The number of benzene rings is 2. The minimum absolute atomic E-state index is 0.0735. The van der Waals surface area contributed by atoms with Crippen molar-refractivity contribution in [3.8, 4) is 0 Å². The Morgan fingerprint density at radius 1 is 1.18 bits per heavy atom. The van der Waals surface area contributed by atoms with E-state index in [0.717, 1.165) is 43.5 Å². The van der Waals surface area contributed by atoms with E-state index >= 15 is 0 Å². The van der Waals surface area contributed by atoms with Gasteiger partial charge in [0.05, 0.1) is 10.8 Å². The largest absolute Gasteiger partial charge is 0.342 e. The number of nitrogens with one attached hydrogen (secondary N) is 1. The molecule has 1 heterocycles. The van der Waals surface area contributed by atoms with Crippen LogP contribution in [0.5, 0.6) is 0 Å². The van der Waals surface area contributed by atoms with Gasteiger partial charge in [0.15, 0.2) is 0 Å². The highest BCUT2D eigenvalue weighted by molar-refractivity contribution is 5.83. The summed E-state index contributed by atoms with van der Waals surface area (Å²) in [6.45, 7) is 4.15. The lowest BCUT2D eigenvalue weighted by Gasteiger charge is -2.34. The Balaban J connectivity index is 1.51. The zero-order valence-corrected chi connectivity index (χ0v) is 16.2. The van der Waals surface area contributed by atoms with Gasteiger partial charge in [-0.2, -0.15) is 0 Å². The highest BCUT2D eigenvalue weighted by atomic mass is 16.6. The zero-order chi connectivity index (χ0) is 19.9. The number of piperidine rings is 1. The molecule has 1 saturated heterocycles. The highest BCUT2D eigenvalue weighted by Crippen LogP contribution is 2.24. The van der Waals surface area contributed by atoms with Crippen molar-refractivity contribution in [2.45, 2.75) is 44.7 Å². The van der Waals surface area contributed by atoms with Gasteiger partial charge in [-0.05, 0) is 30.4 Å². The quantitative estimate of drug-likeness (QED) is 0.583. The maximum absolute atomic E-state index is 13.0. The van der Waals surface area contributed by atoms with Crippen molar-refractivity contribution >= 4 is 11.6 Å². The molecular weight excluding hydrogens is 354 g/mol. The lowest BCUT2D eigenvalue weighted by molar-refractivity contribution is -0.384. The summed E-state index contributed by atoms with van der Waals surface area (Å²) in [5.74, 6) is 0.140. The van der Waals surface area contributed by atoms with E-state index < -0.39 is 0 Å². The summed E-state index contributed by atoms with van der Waals surface area (Å²) < 4.78 is 0. The second-order valence-electron chi connectivity index (χ2n) is 7.28. The number of nitrogens with zero attached hydrogens (tertiary/aromatic N) is 2. The Hall–Kier alpha value is -2.73. The lowest BCUT2D eigenvalue weighted by Crippen LogP contribution is -2.46. The van der Waals surface area contributed by atoms with E-state index in [1.54, 1.807) is 12.1 Å². The minimum Gasteiger partial charge on any atom is -0.342 e. The molecule has 2 aromatic carbocycles. The third kappa shape index (κ3) is 4.95. The summed E-state index contributed by atoms with van der Waals surface area (Å²) in [6.07, 6.45) is 2.59. The van der Waals surface area contributed by atoms with Gasteiger partial charge in [0.1, 0.15) is 0 Å². The molecule has 1 amide bonds. The van der Waals surface area contributed by atoms with Gasteiger partial charge in [-0.25, -0.2) is 0 Å². The Morgan fingerprint density at radius 2 is 1.89 bits per heavy atom. The molecule has 2 aromatic rings. The molecule has 0 radical (unpaired) electrons. The molecule has 148 valence electrons. The van der Waals surface area contributed by atoms with Gasteiger partial charge in [-0.3, -0.25) is 14.9 Å². The molecule has 3 rings (SSSR count). The summed E-state index contributed by atoms with van der Waals surface area (Å²) in [5, 5.41) is 14.4. The molecule has 1 fully saturated rings. The fraction of sp³-hybridized carbons (Fsp3) is 0.409. The number of non-ortho nitro benzene ring substituents is 1. The van der Waals surface area contributed by atoms with E-state index in [-0.39, 0.29) is 22.4 Å². The number of likely N-dealkylation sites (tertiary alicyclic amines) is 1. The van der Waals surface area contributed by atoms with E-state index in [1.807, 2.05) is 41.3 Å². The van der Waals surface area contributed by atoms with Crippen LogP contribution in [-0.2, 0) is 11.3 Å². The Labute approximate surface area is 165 Å². The molecule has 0 aliphatic carbocycles. The molecule has 1 N–H and O–H groups in total. The van der Waals surface area contributed by atoms with Crippen LogP contribution in [0.25, 0.3) is 0 Å². The van der Waals surface area contributed by atoms with E-state index in [0.29, 0.717) is 12.6 Å². The Kier molecular flexibility index (Phi) is 6.76. The van der Waals surface area contributed by atoms with Crippen LogP contribution in [0, 0.1) is 10.1 Å². The first-order chi connectivity index (χ1) is 13.6. The average molecular weight is 381 g/mol. The molecule has 0 aromatic heterocycles. The van der Waals surface area contributed by atoms with Gasteiger partial charge in [-0.15, -0.1) is 0 Å². The molecule has 1 aliphatic rings. The first-order valence-electron chi connectivity index (χ1n) is 9.89. The molecule has 0 spiro atoms. The molecule has 6 nitrogen and oxygen atoms in total.